The van der Waals surface area contributed by atoms with Crippen molar-refractivity contribution in [1.82, 2.24) is 4.98 Å². The quantitative estimate of drug-likeness (QED) is 0.694. The van der Waals surface area contributed by atoms with E-state index in [9.17, 15) is 5.21 Å². The van der Waals surface area contributed by atoms with E-state index < -0.39 is 0 Å². The Morgan fingerprint density at radius 2 is 2.35 bits per heavy atom. The van der Waals surface area contributed by atoms with Crippen LogP contribution in [-0.4, -0.2) is 4.98 Å². The van der Waals surface area contributed by atoms with Crippen LogP contribution in [-0.2, 0) is 0 Å². The lowest BCUT2D eigenvalue weighted by Gasteiger charge is -2.33. The van der Waals surface area contributed by atoms with Gasteiger partial charge in [0.05, 0.1) is 0 Å². The maximum atomic E-state index is 12.0. The molecule has 2 atom stereocenters. The van der Waals surface area contributed by atoms with E-state index in [1.807, 2.05) is 19.9 Å². The maximum absolute atomic E-state index is 12.0. The molecule has 0 saturated heterocycles. The average molecular weight is 230 g/mol. The second kappa shape index (κ2) is 4.17. The molecule has 1 aliphatic heterocycles. The summed E-state index contributed by atoms with van der Waals surface area (Å²) in [5, 5.41) is 20.8. The molecule has 88 valence electrons. The molecule has 0 radical (unpaired) electrons. The molecule has 1 aliphatic rings. The number of nitriles is 1. The zero-order valence-electron chi connectivity index (χ0n) is 9.82. The standard InChI is InChI=1S/C12H14N4O/c1-3-10-12-9(5-8(6-13)16(10)17)7(2)4-11(14)15-12/h4-5,10,16H,3H2,1-2H3,(H2,14,15). The molecule has 2 unspecified atom stereocenters. The molecule has 0 saturated carbocycles. The second-order valence-corrected chi connectivity index (χ2v) is 4.16. The van der Waals surface area contributed by atoms with E-state index in [1.54, 1.807) is 12.1 Å². The third-order valence-corrected chi connectivity index (χ3v) is 3.04. The van der Waals surface area contributed by atoms with Crippen LogP contribution in [0.4, 0.5) is 5.82 Å². The van der Waals surface area contributed by atoms with Crippen LogP contribution in [0.2, 0.25) is 0 Å². The Kier molecular flexibility index (Phi) is 2.84. The van der Waals surface area contributed by atoms with Gasteiger partial charge in [-0.2, -0.15) is 5.26 Å². The summed E-state index contributed by atoms with van der Waals surface area (Å²) in [5.74, 6) is 0.418. The van der Waals surface area contributed by atoms with Crippen LogP contribution >= 0.6 is 0 Å². The first-order valence-corrected chi connectivity index (χ1v) is 5.51. The zero-order chi connectivity index (χ0) is 12.6. The monoisotopic (exact) mass is 230 g/mol. The van der Waals surface area contributed by atoms with Crippen molar-refractivity contribution < 1.29 is 5.06 Å². The highest BCUT2D eigenvalue weighted by atomic mass is 16.5. The predicted molar refractivity (Wildman–Crippen MR) is 64.3 cm³/mol. The summed E-state index contributed by atoms with van der Waals surface area (Å²) in [6.45, 7) is 3.82. The average Bonchev–Trinajstić information content (AvgIpc) is 2.28. The number of pyridine rings is 1. The van der Waals surface area contributed by atoms with Crippen LogP contribution in [0.5, 0.6) is 0 Å². The molecule has 2 rings (SSSR count). The second-order valence-electron chi connectivity index (χ2n) is 4.16. The van der Waals surface area contributed by atoms with Gasteiger partial charge in [-0.15, -0.1) is 0 Å². The summed E-state index contributed by atoms with van der Waals surface area (Å²) in [6.07, 6.45) is 2.24. The van der Waals surface area contributed by atoms with E-state index >= 15 is 0 Å². The van der Waals surface area contributed by atoms with Crippen molar-refractivity contribution in [2.75, 3.05) is 5.73 Å². The van der Waals surface area contributed by atoms with E-state index in [1.165, 1.54) is 0 Å². The number of quaternary nitrogens is 1. The number of hydrogen-bond acceptors (Lipinski definition) is 4. The molecular formula is C12H14N4O. The van der Waals surface area contributed by atoms with Gasteiger partial charge in [0.15, 0.2) is 6.07 Å². The van der Waals surface area contributed by atoms with E-state index in [4.69, 9.17) is 11.0 Å². The van der Waals surface area contributed by atoms with Crippen LogP contribution in [0.15, 0.2) is 11.8 Å². The normalized spacial score (nSPS) is 22.6. The molecule has 1 aromatic heterocycles. The van der Waals surface area contributed by atoms with Crippen LogP contribution in [0.3, 0.4) is 0 Å². The molecule has 0 amide bonds. The Morgan fingerprint density at radius 3 is 2.94 bits per heavy atom. The smallest absolute Gasteiger partial charge is 0.210 e. The predicted octanol–water partition coefficient (Wildman–Crippen LogP) is 0.684. The Morgan fingerprint density at radius 1 is 1.65 bits per heavy atom. The number of nitrogens with two attached hydrogens (primary N) is 1. The maximum Gasteiger partial charge on any atom is 0.210 e. The van der Waals surface area contributed by atoms with E-state index in [2.05, 4.69) is 4.98 Å². The molecule has 17 heavy (non-hydrogen) atoms. The first-order valence-electron chi connectivity index (χ1n) is 5.51. The third kappa shape index (κ3) is 1.78. The number of hydroxylamine groups is 2. The number of rotatable bonds is 1. The van der Waals surface area contributed by atoms with Crippen LogP contribution in [0.1, 0.15) is 36.2 Å². The zero-order valence-corrected chi connectivity index (χ0v) is 9.82. The third-order valence-electron chi connectivity index (χ3n) is 3.04. The molecule has 1 aromatic rings. The minimum Gasteiger partial charge on any atom is -0.628 e. The summed E-state index contributed by atoms with van der Waals surface area (Å²) >= 11 is 0. The first-order chi connectivity index (χ1) is 8.08. The summed E-state index contributed by atoms with van der Waals surface area (Å²) < 4.78 is 0. The van der Waals surface area contributed by atoms with Crippen LogP contribution in [0.25, 0.3) is 6.08 Å². The van der Waals surface area contributed by atoms with Crippen molar-refractivity contribution in [1.29, 1.82) is 5.26 Å². The Hall–Kier alpha value is -1.90. The number of nitrogen functional groups attached to an aromatic ring is 1. The topological polar surface area (TPSA) is 90.2 Å². The molecule has 3 N–H and O–H groups in total. The number of nitrogens with zero attached hydrogens (tertiary/aromatic N) is 2. The van der Waals surface area contributed by atoms with Gasteiger partial charge in [0, 0.05) is 18.1 Å². The number of anilines is 1. The molecule has 0 fully saturated rings. The van der Waals surface area contributed by atoms with Gasteiger partial charge >= 0.3 is 0 Å². The summed E-state index contributed by atoms with van der Waals surface area (Å²) in [4.78, 5) is 4.25. The molecule has 2 heterocycles. The molecule has 0 aliphatic carbocycles. The minimum absolute atomic E-state index is 0.153. The van der Waals surface area contributed by atoms with Crippen LogP contribution < -0.4 is 10.8 Å². The van der Waals surface area contributed by atoms with Gasteiger partial charge < -0.3 is 16.0 Å². The number of allylic oxidation sites excluding steroid dienone is 1. The van der Waals surface area contributed by atoms with Crippen molar-refractivity contribution in [2.24, 2.45) is 0 Å². The van der Waals surface area contributed by atoms with Gasteiger partial charge in [-0.25, -0.2) is 4.98 Å². The lowest BCUT2D eigenvalue weighted by Crippen LogP contribution is -3.06. The lowest BCUT2D eigenvalue weighted by molar-refractivity contribution is -0.839. The van der Waals surface area contributed by atoms with E-state index in [-0.39, 0.29) is 16.8 Å². The molecular weight excluding hydrogens is 216 g/mol. The SMILES string of the molecule is CCC1c2nc(N)cc(C)c2C=C(C#N)[NH+]1[O-]. The Labute approximate surface area is 99.8 Å². The Bertz CT molecular complexity index is 530. The van der Waals surface area contributed by atoms with Gasteiger partial charge in [-0.05, 0) is 18.6 Å². The van der Waals surface area contributed by atoms with E-state index in [0.717, 1.165) is 11.1 Å². The van der Waals surface area contributed by atoms with Crippen molar-refractivity contribution in [2.45, 2.75) is 26.3 Å². The highest BCUT2D eigenvalue weighted by Crippen LogP contribution is 2.26. The largest absolute Gasteiger partial charge is 0.628 e. The fourth-order valence-electron chi connectivity index (χ4n) is 2.18. The van der Waals surface area contributed by atoms with Crippen molar-refractivity contribution in [3.05, 3.63) is 33.8 Å². The van der Waals surface area contributed by atoms with Gasteiger partial charge in [-0.1, -0.05) is 6.92 Å². The van der Waals surface area contributed by atoms with Gasteiger partial charge in [-0.3, -0.25) is 0 Å². The highest BCUT2D eigenvalue weighted by Gasteiger charge is 2.29. The Balaban J connectivity index is 2.68. The van der Waals surface area contributed by atoms with Gasteiger partial charge in [0.2, 0.25) is 5.70 Å². The lowest BCUT2D eigenvalue weighted by atomic mass is 9.96. The summed E-state index contributed by atoms with van der Waals surface area (Å²) in [5.41, 5.74) is 8.43. The first kappa shape index (κ1) is 11.6. The minimum atomic E-state index is -0.341. The van der Waals surface area contributed by atoms with Crippen molar-refractivity contribution in [3.8, 4) is 6.07 Å². The van der Waals surface area contributed by atoms with E-state index in [0.29, 0.717) is 17.9 Å². The molecule has 0 bridgehead atoms. The van der Waals surface area contributed by atoms with Crippen molar-refractivity contribution >= 4 is 11.9 Å². The number of hydrogen-bond donors (Lipinski definition) is 2. The van der Waals surface area contributed by atoms with Gasteiger partial charge in [0.25, 0.3) is 0 Å². The number of nitrogens with one attached hydrogen (secondary N) is 1. The fraction of sp³-hybridized carbons (Fsp3) is 0.333. The summed E-state index contributed by atoms with van der Waals surface area (Å²) in [6, 6.07) is 3.37. The van der Waals surface area contributed by atoms with Crippen molar-refractivity contribution in [3.63, 3.8) is 0 Å². The number of fused-ring (bicyclic) bond motifs is 1. The molecule has 0 spiro atoms. The number of aromatic nitrogens is 1. The fourth-order valence-corrected chi connectivity index (χ4v) is 2.18. The number of aryl methyl sites for hydroxylation is 1. The van der Waals surface area contributed by atoms with Gasteiger partial charge in [0.1, 0.15) is 17.6 Å². The highest BCUT2D eigenvalue weighted by molar-refractivity contribution is 5.63. The van der Waals surface area contributed by atoms with Crippen LogP contribution in [0, 0.1) is 23.5 Å². The molecule has 5 heteroatoms. The molecule has 0 aromatic carbocycles. The summed E-state index contributed by atoms with van der Waals surface area (Å²) in [7, 11) is 0. The molecule has 5 nitrogen and oxygen atoms in total.